The van der Waals surface area contributed by atoms with Crippen LogP contribution in [0.4, 0.5) is 0 Å². The van der Waals surface area contributed by atoms with Crippen molar-refractivity contribution in [1.29, 1.82) is 0 Å². The molecule has 1 aromatic carbocycles. The normalized spacial score (nSPS) is 12.2. The number of alkyl halides is 2. The van der Waals surface area contributed by atoms with Gasteiger partial charge in [0.2, 0.25) is 0 Å². The van der Waals surface area contributed by atoms with Gasteiger partial charge in [-0.1, -0.05) is 45.0 Å². The van der Waals surface area contributed by atoms with Gasteiger partial charge in [0.15, 0.2) is 0 Å². The molecule has 0 aliphatic heterocycles. The first-order chi connectivity index (χ1) is 5.93. The van der Waals surface area contributed by atoms with Crippen molar-refractivity contribution in [3.05, 3.63) is 35.4 Å². The molecule has 0 N–H and O–H groups in total. The second-order valence-corrected chi connectivity index (χ2v) is 5.23. The summed E-state index contributed by atoms with van der Waals surface area (Å²) in [7, 11) is 0. The molecule has 0 radical (unpaired) electrons. The highest BCUT2D eigenvalue weighted by Crippen LogP contribution is 2.34. The van der Waals surface area contributed by atoms with Crippen LogP contribution >= 0.6 is 23.2 Å². The van der Waals surface area contributed by atoms with E-state index in [1.54, 1.807) is 0 Å². The lowest BCUT2D eigenvalue weighted by atomic mass is 9.84. The fraction of sp³-hybridized carbons (Fsp3) is 0.455. The van der Waals surface area contributed by atoms with Crippen molar-refractivity contribution in [3.8, 4) is 0 Å². The average Bonchev–Trinajstić information content (AvgIpc) is 2.03. The lowest BCUT2D eigenvalue weighted by molar-refractivity contribution is 0.585. The topological polar surface area (TPSA) is 0 Å². The molecular weight excluding hydrogens is 203 g/mol. The molecule has 0 spiro atoms. The number of halogens is 2. The number of hydrogen-bond donors (Lipinski definition) is 0. The monoisotopic (exact) mass is 216 g/mol. The third-order valence-corrected chi connectivity index (χ3v) is 2.47. The van der Waals surface area contributed by atoms with Crippen LogP contribution in [0.5, 0.6) is 0 Å². The predicted molar refractivity (Wildman–Crippen MR) is 59.6 cm³/mol. The van der Waals surface area contributed by atoms with Gasteiger partial charge in [-0.15, -0.1) is 23.2 Å². The van der Waals surface area contributed by atoms with Crippen molar-refractivity contribution in [2.24, 2.45) is 0 Å². The molecule has 0 atom stereocenters. The van der Waals surface area contributed by atoms with Gasteiger partial charge in [0.25, 0.3) is 0 Å². The minimum Gasteiger partial charge on any atom is -0.100 e. The Morgan fingerprint density at radius 2 is 1.62 bits per heavy atom. The maximum atomic E-state index is 5.88. The molecule has 0 fully saturated rings. The molecule has 1 aromatic rings. The Bertz CT molecular complexity index is 284. The van der Waals surface area contributed by atoms with Crippen molar-refractivity contribution in [2.45, 2.75) is 31.0 Å². The highest BCUT2D eigenvalue weighted by atomic mass is 35.5. The van der Waals surface area contributed by atoms with Crippen LogP contribution in [0.25, 0.3) is 0 Å². The van der Waals surface area contributed by atoms with E-state index < -0.39 is 4.84 Å². The molecule has 0 aliphatic carbocycles. The predicted octanol–water partition coefficient (Wildman–Crippen LogP) is 4.46. The standard InChI is InChI=1S/C11H14Cl2/c1-11(2,3)9-7-5-4-6-8(9)10(12)13/h4-7,10H,1-3H3. The lowest BCUT2D eigenvalue weighted by Gasteiger charge is -2.23. The van der Waals surface area contributed by atoms with Crippen molar-refractivity contribution in [2.75, 3.05) is 0 Å². The maximum absolute atomic E-state index is 5.88. The van der Waals surface area contributed by atoms with Gasteiger partial charge in [-0.3, -0.25) is 0 Å². The first kappa shape index (κ1) is 10.9. The zero-order valence-corrected chi connectivity index (χ0v) is 9.65. The van der Waals surface area contributed by atoms with Gasteiger partial charge in [0.1, 0.15) is 4.84 Å². The molecule has 72 valence electrons. The Balaban J connectivity index is 3.20. The van der Waals surface area contributed by atoms with Gasteiger partial charge < -0.3 is 0 Å². The van der Waals surface area contributed by atoms with E-state index in [1.807, 2.05) is 18.2 Å². The Morgan fingerprint density at radius 3 is 2.00 bits per heavy atom. The quantitative estimate of drug-likeness (QED) is 0.609. The fourth-order valence-corrected chi connectivity index (χ4v) is 1.75. The Kier molecular flexibility index (Phi) is 3.26. The van der Waals surface area contributed by atoms with Crippen molar-refractivity contribution >= 4 is 23.2 Å². The van der Waals surface area contributed by atoms with Gasteiger partial charge in [-0.05, 0) is 16.5 Å². The summed E-state index contributed by atoms with van der Waals surface area (Å²) in [4.78, 5) is -0.435. The average molecular weight is 217 g/mol. The summed E-state index contributed by atoms with van der Waals surface area (Å²) in [6, 6.07) is 8.03. The molecule has 2 heteroatoms. The van der Waals surface area contributed by atoms with E-state index in [-0.39, 0.29) is 5.41 Å². The van der Waals surface area contributed by atoms with E-state index in [9.17, 15) is 0 Å². The summed E-state index contributed by atoms with van der Waals surface area (Å²) in [5, 5.41) is 0. The molecule has 0 bridgehead atoms. The van der Waals surface area contributed by atoms with Crippen LogP contribution in [0, 0.1) is 0 Å². The van der Waals surface area contributed by atoms with Crippen molar-refractivity contribution in [1.82, 2.24) is 0 Å². The van der Waals surface area contributed by atoms with Gasteiger partial charge >= 0.3 is 0 Å². The fourth-order valence-electron chi connectivity index (χ4n) is 1.37. The van der Waals surface area contributed by atoms with Crippen LogP contribution in [0.1, 0.15) is 36.7 Å². The molecule has 0 amide bonds. The smallest absolute Gasteiger partial charge is 0.100 e. The number of rotatable bonds is 1. The van der Waals surface area contributed by atoms with E-state index in [2.05, 4.69) is 26.8 Å². The second kappa shape index (κ2) is 3.89. The number of hydrogen-bond acceptors (Lipinski definition) is 0. The third kappa shape index (κ3) is 2.62. The molecule has 0 saturated heterocycles. The summed E-state index contributed by atoms with van der Waals surface area (Å²) in [5.74, 6) is 0. The largest absolute Gasteiger partial charge is 0.133 e. The molecule has 0 unspecified atom stereocenters. The van der Waals surface area contributed by atoms with Crippen LogP contribution < -0.4 is 0 Å². The van der Waals surface area contributed by atoms with E-state index in [1.165, 1.54) is 5.56 Å². The van der Waals surface area contributed by atoms with Crippen LogP contribution in [-0.2, 0) is 5.41 Å². The van der Waals surface area contributed by atoms with Gasteiger partial charge in [0.05, 0.1) is 0 Å². The van der Waals surface area contributed by atoms with Crippen LogP contribution in [0.2, 0.25) is 0 Å². The summed E-state index contributed by atoms with van der Waals surface area (Å²) in [6.07, 6.45) is 0. The third-order valence-electron chi connectivity index (χ3n) is 2.00. The highest BCUT2D eigenvalue weighted by molar-refractivity contribution is 6.44. The second-order valence-electron chi connectivity index (χ2n) is 4.14. The molecule has 0 aliphatic rings. The molecule has 0 heterocycles. The summed E-state index contributed by atoms with van der Waals surface area (Å²) >= 11 is 11.8. The maximum Gasteiger partial charge on any atom is 0.133 e. The summed E-state index contributed by atoms with van der Waals surface area (Å²) in [5.41, 5.74) is 2.32. The first-order valence-electron chi connectivity index (χ1n) is 4.30. The molecule has 13 heavy (non-hydrogen) atoms. The van der Waals surface area contributed by atoms with Crippen molar-refractivity contribution in [3.63, 3.8) is 0 Å². The van der Waals surface area contributed by atoms with E-state index in [4.69, 9.17) is 23.2 Å². The van der Waals surface area contributed by atoms with Gasteiger partial charge in [0, 0.05) is 0 Å². The minimum absolute atomic E-state index is 0.0959. The van der Waals surface area contributed by atoms with E-state index >= 15 is 0 Å². The molecule has 0 nitrogen and oxygen atoms in total. The van der Waals surface area contributed by atoms with E-state index in [0.29, 0.717) is 0 Å². The van der Waals surface area contributed by atoms with Crippen LogP contribution in [0.15, 0.2) is 24.3 Å². The zero-order valence-electron chi connectivity index (χ0n) is 8.14. The SMILES string of the molecule is CC(C)(C)c1ccccc1C(Cl)Cl. The summed E-state index contributed by atoms with van der Waals surface area (Å²) < 4.78 is 0. The van der Waals surface area contributed by atoms with Crippen LogP contribution in [0.3, 0.4) is 0 Å². The lowest BCUT2D eigenvalue weighted by Crippen LogP contribution is -2.13. The molecular formula is C11H14Cl2. The molecule has 0 saturated carbocycles. The Labute approximate surface area is 89.9 Å². The molecule has 1 rings (SSSR count). The van der Waals surface area contributed by atoms with Gasteiger partial charge in [-0.2, -0.15) is 0 Å². The Hall–Kier alpha value is -0.200. The van der Waals surface area contributed by atoms with E-state index in [0.717, 1.165) is 5.56 Å². The first-order valence-corrected chi connectivity index (χ1v) is 5.18. The Morgan fingerprint density at radius 1 is 1.08 bits per heavy atom. The molecule has 0 aromatic heterocycles. The van der Waals surface area contributed by atoms with Crippen molar-refractivity contribution < 1.29 is 0 Å². The summed E-state index contributed by atoms with van der Waals surface area (Å²) in [6.45, 7) is 6.46. The zero-order chi connectivity index (χ0) is 10.1. The van der Waals surface area contributed by atoms with Gasteiger partial charge in [-0.25, -0.2) is 0 Å². The minimum atomic E-state index is -0.435. The highest BCUT2D eigenvalue weighted by Gasteiger charge is 2.19. The number of benzene rings is 1. The van der Waals surface area contributed by atoms with Crippen LogP contribution in [-0.4, -0.2) is 0 Å².